The Labute approximate surface area is 137 Å². The molecule has 0 unspecified atom stereocenters. The molecule has 2 aromatic carbocycles. The molecule has 0 spiro atoms. The summed E-state index contributed by atoms with van der Waals surface area (Å²) in [4.78, 5) is 12.3. The molecule has 2 rings (SSSR count). The molecule has 0 N–H and O–H groups in total. The van der Waals surface area contributed by atoms with E-state index in [2.05, 4.69) is 0 Å². The van der Waals surface area contributed by atoms with Crippen molar-refractivity contribution in [2.24, 2.45) is 0 Å². The fraction of sp³-hybridized carbons (Fsp3) is 0.316. The summed E-state index contributed by atoms with van der Waals surface area (Å²) in [7, 11) is 0. The van der Waals surface area contributed by atoms with Gasteiger partial charge in [0.05, 0.1) is 6.61 Å². The highest BCUT2D eigenvalue weighted by molar-refractivity contribution is 6.17. The zero-order valence-electron chi connectivity index (χ0n) is 12.6. The van der Waals surface area contributed by atoms with Crippen LogP contribution in [0, 0.1) is 0 Å². The van der Waals surface area contributed by atoms with Gasteiger partial charge in [0.15, 0.2) is 5.78 Å². The topological polar surface area (TPSA) is 26.3 Å². The number of rotatable bonds is 9. The number of unbranched alkanes of at least 4 members (excludes halogenated alkanes) is 3. The lowest BCUT2D eigenvalue weighted by Crippen LogP contribution is -2.01. The molecule has 2 aromatic rings. The molecule has 0 aliphatic rings. The number of benzene rings is 2. The van der Waals surface area contributed by atoms with E-state index in [0.29, 0.717) is 17.7 Å². The Kier molecular flexibility index (Phi) is 6.98. The molecular formula is C19H21ClO2. The first-order chi connectivity index (χ1) is 10.8. The number of ether oxygens (including phenoxy) is 1. The second kappa shape index (κ2) is 9.26. The fourth-order valence-electron chi connectivity index (χ4n) is 2.20. The Balaban J connectivity index is 1.82. The zero-order valence-corrected chi connectivity index (χ0v) is 13.4. The summed E-state index contributed by atoms with van der Waals surface area (Å²) in [5.74, 6) is 1.58. The largest absolute Gasteiger partial charge is 0.494 e. The molecule has 2 nitrogen and oxygen atoms in total. The molecule has 0 aromatic heterocycles. The van der Waals surface area contributed by atoms with Crippen molar-refractivity contribution in [3.05, 3.63) is 65.7 Å². The maximum Gasteiger partial charge on any atom is 0.193 e. The van der Waals surface area contributed by atoms with E-state index in [1.54, 1.807) is 0 Å². The van der Waals surface area contributed by atoms with Gasteiger partial charge in [0, 0.05) is 17.0 Å². The quantitative estimate of drug-likeness (QED) is 0.365. The summed E-state index contributed by atoms with van der Waals surface area (Å²) in [5, 5.41) is 0. The second-order valence-corrected chi connectivity index (χ2v) is 5.55. The minimum atomic E-state index is 0.0354. The van der Waals surface area contributed by atoms with Crippen LogP contribution < -0.4 is 4.74 Å². The molecular weight excluding hydrogens is 296 g/mol. The Morgan fingerprint density at radius 1 is 0.818 bits per heavy atom. The molecule has 0 saturated heterocycles. The van der Waals surface area contributed by atoms with Crippen molar-refractivity contribution in [2.75, 3.05) is 12.5 Å². The Morgan fingerprint density at radius 2 is 1.45 bits per heavy atom. The third-order valence-corrected chi connectivity index (χ3v) is 3.72. The molecule has 0 aliphatic heterocycles. The molecule has 0 heterocycles. The van der Waals surface area contributed by atoms with Crippen LogP contribution in [0.2, 0.25) is 0 Å². The molecule has 22 heavy (non-hydrogen) atoms. The van der Waals surface area contributed by atoms with Crippen LogP contribution in [0.3, 0.4) is 0 Å². The number of halogens is 1. The molecule has 0 atom stereocenters. The molecule has 0 aliphatic carbocycles. The van der Waals surface area contributed by atoms with Gasteiger partial charge in [0.25, 0.3) is 0 Å². The van der Waals surface area contributed by atoms with Gasteiger partial charge in [-0.25, -0.2) is 0 Å². The van der Waals surface area contributed by atoms with Crippen LogP contribution in [0.5, 0.6) is 5.75 Å². The number of hydrogen-bond donors (Lipinski definition) is 0. The van der Waals surface area contributed by atoms with E-state index in [1.165, 1.54) is 0 Å². The van der Waals surface area contributed by atoms with Crippen LogP contribution in [0.4, 0.5) is 0 Å². The minimum Gasteiger partial charge on any atom is -0.494 e. The van der Waals surface area contributed by atoms with Gasteiger partial charge in [0.1, 0.15) is 5.75 Å². The SMILES string of the molecule is O=C(c1ccccc1)c1ccc(OCCCCCCCl)cc1. The zero-order chi connectivity index (χ0) is 15.6. The van der Waals surface area contributed by atoms with Crippen LogP contribution in [0.1, 0.15) is 41.6 Å². The average Bonchev–Trinajstić information content (AvgIpc) is 2.59. The van der Waals surface area contributed by atoms with Crippen molar-refractivity contribution in [2.45, 2.75) is 25.7 Å². The summed E-state index contributed by atoms with van der Waals surface area (Å²) >= 11 is 5.64. The smallest absolute Gasteiger partial charge is 0.193 e. The molecule has 0 radical (unpaired) electrons. The number of hydrogen-bond acceptors (Lipinski definition) is 2. The van der Waals surface area contributed by atoms with E-state index in [9.17, 15) is 4.79 Å². The normalized spacial score (nSPS) is 10.4. The third-order valence-electron chi connectivity index (χ3n) is 3.45. The van der Waals surface area contributed by atoms with Gasteiger partial charge < -0.3 is 4.74 Å². The molecule has 0 saturated carbocycles. The van der Waals surface area contributed by atoms with E-state index in [4.69, 9.17) is 16.3 Å². The van der Waals surface area contributed by atoms with Crippen LogP contribution in [0.15, 0.2) is 54.6 Å². The summed E-state index contributed by atoms with van der Waals surface area (Å²) in [6.07, 6.45) is 4.38. The molecule has 0 bridgehead atoms. The van der Waals surface area contributed by atoms with Gasteiger partial charge in [-0.05, 0) is 37.1 Å². The predicted octanol–water partition coefficient (Wildman–Crippen LogP) is 5.10. The van der Waals surface area contributed by atoms with E-state index >= 15 is 0 Å². The maximum absolute atomic E-state index is 12.3. The van der Waals surface area contributed by atoms with Crippen LogP contribution in [0.25, 0.3) is 0 Å². The van der Waals surface area contributed by atoms with Crippen LogP contribution in [-0.4, -0.2) is 18.3 Å². The lowest BCUT2D eigenvalue weighted by molar-refractivity contribution is 0.103. The van der Waals surface area contributed by atoms with Crippen molar-refractivity contribution in [3.8, 4) is 5.75 Å². The Hall–Kier alpha value is -1.80. The lowest BCUT2D eigenvalue weighted by Gasteiger charge is -2.07. The van der Waals surface area contributed by atoms with Gasteiger partial charge in [-0.3, -0.25) is 4.79 Å². The highest BCUT2D eigenvalue weighted by Crippen LogP contribution is 2.16. The second-order valence-electron chi connectivity index (χ2n) is 5.17. The maximum atomic E-state index is 12.3. The van der Waals surface area contributed by atoms with E-state index in [0.717, 1.165) is 37.3 Å². The van der Waals surface area contributed by atoms with Crippen molar-refractivity contribution in [1.82, 2.24) is 0 Å². The number of ketones is 1. The fourth-order valence-corrected chi connectivity index (χ4v) is 2.39. The Bertz CT molecular complexity index is 564. The molecule has 3 heteroatoms. The van der Waals surface area contributed by atoms with Gasteiger partial charge in [-0.1, -0.05) is 43.2 Å². The number of carbonyl (C=O) groups excluding carboxylic acids is 1. The van der Waals surface area contributed by atoms with Gasteiger partial charge in [0.2, 0.25) is 0 Å². The van der Waals surface area contributed by atoms with Gasteiger partial charge in [-0.2, -0.15) is 0 Å². The van der Waals surface area contributed by atoms with Crippen LogP contribution >= 0.6 is 11.6 Å². The third kappa shape index (κ3) is 5.19. The van der Waals surface area contributed by atoms with Crippen molar-refractivity contribution in [3.63, 3.8) is 0 Å². The first-order valence-electron chi connectivity index (χ1n) is 7.70. The standard InChI is InChI=1S/C19H21ClO2/c20-14-6-1-2-7-15-22-18-12-10-17(11-13-18)19(21)16-8-4-3-5-9-16/h3-5,8-13H,1-2,6-7,14-15H2. The monoisotopic (exact) mass is 316 g/mol. The predicted molar refractivity (Wildman–Crippen MR) is 91.0 cm³/mol. The number of carbonyl (C=O) groups is 1. The number of alkyl halides is 1. The van der Waals surface area contributed by atoms with Crippen LogP contribution in [-0.2, 0) is 0 Å². The van der Waals surface area contributed by atoms with Crippen molar-refractivity contribution >= 4 is 17.4 Å². The van der Waals surface area contributed by atoms with Crippen molar-refractivity contribution in [1.29, 1.82) is 0 Å². The summed E-state index contributed by atoms with van der Waals surface area (Å²) in [5.41, 5.74) is 1.39. The summed E-state index contributed by atoms with van der Waals surface area (Å²) < 4.78 is 5.68. The van der Waals surface area contributed by atoms with E-state index < -0.39 is 0 Å². The highest BCUT2D eigenvalue weighted by Gasteiger charge is 2.08. The Morgan fingerprint density at radius 3 is 2.14 bits per heavy atom. The van der Waals surface area contributed by atoms with Crippen molar-refractivity contribution < 1.29 is 9.53 Å². The summed E-state index contributed by atoms with van der Waals surface area (Å²) in [6.45, 7) is 0.703. The molecule has 116 valence electrons. The van der Waals surface area contributed by atoms with Gasteiger partial charge in [-0.15, -0.1) is 11.6 Å². The van der Waals surface area contributed by atoms with E-state index in [1.807, 2.05) is 54.6 Å². The average molecular weight is 317 g/mol. The first kappa shape index (κ1) is 16.6. The van der Waals surface area contributed by atoms with Gasteiger partial charge >= 0.3 is 0 Å². The highest BCUT2D eigenvalue weighted by atomic mass is 35.5. The lowest BCUT2D eigenvalue weighted by atomic mass is 10.0. The molecule has 0 fully saturated rings. The molecule has 0 amide bonds. The summed E-state index contributed by atoms with van der Waals surface area (Å²) in [6, 6.07) is 16.6. The first-order valence-corrected chi connectivity index (χ1v) is 8.23. The van der Waals surface area contributed by atoms with E-state index in [-0.39, 0.29) is 5.78 Å². The minimum absolute atomic E-state index is 0.0354.